The first-order chi connectivity index (χ1) is 4.31. The van der Waals surface area contributed by atoms with Gasteiger partial charge in [-0.1, -0.05) is 13.0 Å². The van der Waals surface area contributed by atoms with Gasteiger partial charge in [0.15, 0.2) is 5.78 Å². The molecule has 0 saturated carbocycles. The molecule has 0 aliphatic rings. The van der Waals surface area contributed by atoms with Gasteiger partial charge in [-0.3, -0.25) is 23.6 Å². The lowest BCUT2D eigenvalue weighted by Gasteiger charge is -1.93. The summed E-state index contributed by atoms with van der Waals surface area (Å²) in [5.74, 6) is 0.138. The van der Waals surface area contributed by atoms with Crippen molar-refractivity contribution in [2.75, 3.05) is 13.1 Å². The fourth-order valence-electron chi connectivity index (χ4n) is 0.493. The third-order valence-electron chi connectivity index (χ3n) is 0.902. The quantitative estimate of drug-likeness (QED) is 0.557. The van der Waals surface area contributed by atoms with E-state index in [-0.39, 0.29) is 24.6 Å². The molecule has 0 aromatic carbocycles. The maximum atomic E-state index is 10.7. The monoisotopic (exact) mass is 207 g/mol. The lowest BCUT2D eigenvalue weighted by Crippen LogP contribution is -2.20. The summed E-state index contributed by atoms with van der Waals surface area (Å²) in [4.78, 5) is 10.7. The van der Waals surface area contributed by atoms with Crippen LogP contribution >= 0.6 is 0 Å². The minimum absolute atomic E-state index is 0. The lowest BCUT2D eigenvalue weighted by atomic mass is 10.3. The van der Waals surface area contributed by atoms with Gasteiger partial charge in [-0.05, 0) is 19.5 Å². The molecule has 0 saturated heterocycles. The predicted molar refractivity (Wildman–Crippen MR) is 48.4 cm³/mol. The third kappa shape index (κ3) is 24.7. The second-order valence-electron chi connectivity index (χ2n) is 1.75. The van der Waals surface area contributed by atoms with Crippen LogP contribution in [-0.2, 0) is 4.79 Å². The minimum Gasteiger partial charge on any atom is -0.310 e. The molecule has 0 radical (unpaired) electrons. The fraction of sp³-hybridized carbons (Fsp3) is 0.571. The van der Waals surface area contributed by atoms with Crippen LogP contribution in [0.1, 0.15) is 13.8 Å². The Balaban J connectivity index is -0.0000000533. The van der Waals surface area contributed by atoms with E-state index in [0.29, 0.717) is 6.54 Å². The van der Waals surface area contributed by atoms with Crippen LogP contribution in [0.25, 0.3) is 0 Å². The van der Waals surface area contributed by atoms with Crippen LogP contribution in [0.15, 0.2) is 12.2 Å². The minimum atomic E-state index is 0. The van der Waals surface area contributed by atoms with Gasteiger partial charge in [-0.2, -0.15) is 0 Å². The van der Waals surface area contributed by atoms with Crippen molar-refractivity contribution in [2.45, 2.75) is 13.8 Å². The Hall–Kier alpha value is -0.910. The number of carbonyl (C=O) groups excluding carboxylic acids is 1. The Morgan fingerprint density at radius 2 is 1.69 bits per heavy atom. The van der Waals surface area contributed by atoms with Gasteiger partial charge in [0.2, 0.25) is 0 Å². The summed E-state index contributed by atoms with van der Waals surface area (Å²) in [5.41, 5.74) is 0. The number of allylic oxidation sites excluding steroid dienone is 1. The molecule has 0 aromatic rings. The summed E-state index contributed by atoms with van der Waals surface area (Å²) in [7, 11) is 0. The highest BCUT2D eigenvalue weighted by Gasteiger charge is 1.90. The zero-order valence-electron chi connectivity index (χ0n) is 7.61. The third-order valence-corrected chi connectivity index (χ3v) is 0.902. The Morgan fingerprint density at radius 1 is 1.23 bits per heavy atom. The maximum absolute atomic E-state index is 10.7. The first kappa shape index (κ1) is 29.6. The standard InChI is InChI=1S/C7H13NO.4FH/c1-3-5-7(9)6-8-4-2;;;;/h3,5,8H,4,6H2,1-2H3;4*1H. The average molecular weight is 207 g/mol. The topological polar surface area (TPSA) is 29.1 Å². The molecule has 0 spiro atoms. The van der Waals surface area contributed by atoms with Crippen molar-refractivity contribution in [1.82, 2.24) is 5.32 Å². The van der Waals surface area contributed by atoms with Gasteiger partial charge in [0.1, 0.15) is 0 Å². The molecule has 0 aliphatic carbocycles. The van der Waals surface area contributed by atoms with Crippen molar-refractivity contribution in [3.05, 3.63) is 12.2 Å². The second kappa shape index (κ2) is 22.5. The van der Waals surface area contributed by atoms with E-state index in [1.165, 1.54) is 0 Å². The molecule has 0 bridgehead atoms. The number of hydrogen-bond acceptors (Lipinski definition) is 2. The first-order valence-electron chi connectivity index (χ1n) is 3.17. The number of carbonyl (C=O) groups is 1. The summed E-state index contributed by atoms with van der Waals surface area (Å²) < 4.78 is 0. The molecule has 0 heterocycles. The van der Waals surface area contributed by atoms with Gasteiger partial charge in [-0.25, -0.2) is 0 Å². The highest BCUT2D eigenvalue weighted by atomic mass is 19.0. The van der Waals surface area contributed by atoms with Crippen LogP contribution in [0.2, 0.25) is 0 Å². The number of ketones is 1. The Bertz CT molecular complexity index is 119. The zero-order valence-corrected chi connectivity index (χ0v) is 7.61. The molecule has 0 atom stereocenters. The molecular weight excluding hydrogens is 190 g/mol. The highest BCUT2D eigenvalue weighted by molar-refractivity contribution is 5.91. The molecule has 84 valence electrons. The van der Waals surface area contributed by atoms with E-state index in [0.717, 1.165) is 6.54 Å². The van der Waals surface area contributed by atoms with Crippen molar-refractivity contribution < 1.29 is 23.6 Å². The summed E-state index contributed by atoms with van der Waals surface area (Å²) in [5, 5.41) is 2.93. The molecular formula is C7H17F4NO. The van der Waals surface area contributed by atoms with Gasteiger partial charge >= 0.3 is 0 Å². The Morgan fingerprint density at radius 3 is 2.00 bits per heavy atom. The summed E-state index contributed by atoms with van der Waals surface area (Å²) in [6.45, 7) is 5.12. The summed E-state index contributed by atoms with van der Waals surface area (Å²) in [6.07, 6.45) is 3.32. The van der Waals surface area contributed by atoms with Crippen molar-refractivity contribution in [3.63, 3.8) is 0 Å². The van der Waals surface area contributed by atoms with Crippen molar-refractivity contribution in [1.29, 1.82) is 0 Å². The van der Waals surface area contributed by atoms with E-state index < -0.39 is 0 Å². The van der Waals surface area contributed by atoms with E-state index in [9.17, 15) is 4.79 Å². The van der Waals surface area contributed by atoms with Crippen molar-refractivity contribution >= 4 is 5.78 Å². The SMILES string of the molecule is CC=CC(=O)CNCC.F.F.F.F. The molecule has 0 unspecified atom stereocenters. The highest BCUT2D eigenvalue weighted by Crippen LogP contribution is 1.72. The van der Waals surface area contributed by atoms with E-state index in [1.807, 2.05) is 13.8 Å². The molecule has 0 rings (SSSR count). The van der Waals surface area contributed by atoms with E-state index in [4.69, 9.17) is 0 Å². The number of rotatable bonds is 4. The number of hydrogen-bond donors (Lipinski definition) is 1. The summed E-state index contributed by atoms with van der Waals surface area (Å²) >= 11 is 0. The van der Waals surface area contributed by atoms with Crippen molar-refractivity contribution in [3.8, 4) is 0 Å². The van der Waals surface area contributed by atoms with Crippen LogP contribution in [0.3, 0.4) is 0 Å². The second-order valence-corrected chi connectivity index (χ2v) is 1.75. The number of nitrogens with one attached hydrogen (secondary N) is 1. The predicted octanol–water partition coefficient (Wildman–Crippen LogP) is 1.35. The van der Waals surface area contributed by atoms with Gasteiger partial charge in [0, 0.05) is 0 Å². The molecule has 6 heteroatoms. The van der Waals surface area contributed by atoms with Gasteiger partial charge in [-0.15, -0.1) is 0 Å². The normalized spacial score (nSPS) is 7.23. The molecule has 2 nitrogen and oxygen atoms in total. The van der Waals surface area contributed by atoms with Gasteiger partial charge in [0.25, 0.3) is 0 Å². The maximum Gasteiger partial charge on any atom is 0.169 e. The van der Waals surface area contributed by atoms with Crippen LogP contribution < -0.4 is 5.32 Å². The van der Waals surface area contributed by atoms with Crippen LogP contribution in [0.4, 0.5) is 18.8 Å². The van der Waals surface area contributed by atoms with Crippen molar-refractivity contribution in [2.24, 2.45) is 0 Å². The smallest absolute Gasteiger partial charge is 0.169 e. The lowest BCUT2D eigenvalue weighted by molar-refractivity contribution is -0.113. The number of halogens is 4. The largest absolute Gasteiger partial charge is 0.310 e. The number of likely N-dealkylation sites (N-methyl/N-ethyl adjacent to an activating group) is 1. The Kier molecular flexibility index (Phi) is 51.1. The van der Waals surface area contributed by atoms with Crippen LogP contribution in [0.5, 0.6) is 0 Å². The molecule has 0 fully saturated rings. The molecule has 0 aromatic heterocycles. The van der Waals surface area contributed by atoms with Crippen LogP contribution in [-0.4, -0.2) is 18.9 Å². The molecule has 13 heavy (non-hydrogen) atoms. The van der Waals surface area contributed by atoms with Gasteiger partial charge < -0.3 is 5.32 Å². The van der Waals surface area contributed by atoms with E-state index >= 15 is 0 Å². The zero-order chi connectivity index (χ0) is 7.11. The first-order valence-corrected chi connectivity index (χ1v) is 3.17. The van der Waals surface area contributed by atoms with E-state index in [1.54, 1.807) is 12.2 Å². The summed E-state index contributed by atoms with van der Waals surface area (Å²) in [6, 6.07) is 0. The molecule has 0 aliphatic heterocycles. The molecule has 0 amide bonds. The van der Waals surface area contributed by atoms with E-state index in [2.05, 4.69) is 5.32 Å². The Labute approximate surface area is 74.9 Å². The van der Waals surface area contributed by atoms with Crippen LogP contribution in [0, 0.1) is 0 Å². The molecule has 1 N–H and O–H groups in total. The van der Waals surface area contributed by atoms with Gasteiger partial charge in [0.05, 0.1) is 6.54 Å². The fourth-order valence-corrected chi connectivity index (χ4v) is 0.493. The average Bonchev–Trinajstić information content (AvgIpc) is 1.85.